The molecule has 16 heavy (non-hydrogen) atoms. The number of nitrogen functional groups attached to an aromatic ring is 1. The lowest BCUT2D eigenvalue weighted by Crippen LogP contribution is -2.21. The average Bonchev–Trinajstić information content (AvgIpc) is 2.52. The van der Waals surface area contributed by atoms with E-state index < -0.39 is 0 Å². The summed E-state index contributed by atoms with van der Waals surface area (Å²) in [7, 11) is 0. The van der Waals surface area contributed by atoms with Gasteiger partial charge >= 0.3 is 0 Å². The van der Waals surface area contributed by atoms with Gasteiger partial charge in [0.2, 0.25) is 4.80 Å². The summed E-state index contributed by atoms with van der Waals surface area (Å²) in [6.45, 7) is 0. The monoisotopic (exact) mass is 251 g/mol. The van der Waals surface area contributed by atoms with Gasteiger partial charge in [0.05, 0.1) is 11.0 Å². The first-order chi connectivity index (χ1) is 7.65. The third-order valence-electron chi connectivity index (χ3n) is 2.22. The van der Waals surface area contributed by atoms with Crippen molar-refractivity contribution in [3.8, 4) is 0 Å². The molecule has 0 aliphatic carbocycles. The van der Waals surface area contributed by atoms with E-state index in [-0.39, 0.29) is 4.80 Å². The minimum atomic E-state index is 0.219. The smallest absolute Gasteiger partial charge is 0.204 e. The molecule has 3 N–H and O–H groups in total. The zero-order valence-corrected chi connectivity index (χ0v) is 9.51. The number of nitrogens with two attached hydrogens (primary N) is 1. The molecule has 0 aliphatic rings. The van der Waals surface area contributed by atoms with Crippen LogP contribution >= 0.6 is 22.9 Å². The fourth-order valence-electron chi connectivity index (χ4n) is 1.46. The van der Waals surface area contributed by atoms with Crippen molar-refractivity contribution in [3.63, 3.8) is 0 Å². The van der Waals surface area contributed by atoms with Gasteiger partial charge in [0.25, 0.3) is 0 Å². The minimum absolute atomic E-state index is 0.219. The summed E-state index contributed by atoms with van der Waals surface area (Å²) in [4.78, 5) is 9.58. The molecule has 0 atom stereocenters. The van der Waals surface area contributed by atoms with Crippen molar-refractivity contribution >= 4 is 44.4 Å². The zero-order chi connectivity index (χ0) is 11.3. The normalized spacial score (nSPS) is 11.3. The third-order valence-corrected chi connectivity index (χ3v) is 3.31. The second-order valence-corrected chi connectivity index (χ2v) is 4.68. The molecule has 0 amide bonds. The number of halogens is 1. The molecule has 2 heterocycles. The molecule has 1 aromatic carbocycles. The highest BCUT2D eigenvalue weighted by molar-refractivity contribution is 7.15. The van der Waals surface area contributed by atoms with Crippen molar-refractivity contribution < 1.29 is 0 Å². The number of nitrogens with one attached hydrogen (secondary N) is 1. The lowest BCUT2D eigenvalue weighted by Gasteiger charge is -1.98. The van der Waals surface area contributed by atoms with Crippen molar-refractivity contribution in [3.05, 3.63) is 28.0 Å². The van der Waals surface area contributed by atoms with Gasteiger partial charge in [-0.15, -0.1) is 0 Å². The molecule has 0 spiro atoms. The second-order valence-electron chi connectivity index (χ2n) is 3.26. The SMILES string of the molecule is N=c1sc2nc3cc(Cl)ccc3nc2n1N. The van der Waals surface area contributed by atoms with Crippen LogP contribution in [-0.2, 0) is 0 Å². The van der Waals surface area contributed by atoms with E-state index >= 15 is 0 Å². The van der Waals surface area contributed by atoms with Gasteiger partial charge in [-0.2, -0.15) is 0 Å². The molecule has 5 nitrogen and oxygen atoms in total. The Hall–Kier alpha value is -1.66. The van der Waals surface area contributed by atoms with Crippen LogP contribution in [0.2, 0.25) is 5.02 Å². The van der Waals surface area contributed by atoms with Gasteiger partial charge in [0.1, 0.15) is 0 Å². The summed E-state index contributed by atoms with van der Waals surface area (Å²) in [6.07, 6.45) is 0. The molecule has 0 radical (unpaired) electrons. The standard InChI is InChI=1S/C9H6ClN5S/c10-4-1-2-5-6(3-4)14-8-7(13-5)15(12)9(11)16-8/h1-3,11H,12H2. The molecular formula is C9H6ClN5S. The van der Waals surface area contributed by atoms with Crippen LogP contribution in [0.15, 0.2) is 18.2 Å². The molecular weight excluding hydrogens is 246 g/mol. The second kappa shape index (κ2) is 3.16. The van der Waals surface area contributed by atoms with Crippen molar-refractivity contribution in [2.24, 2.45) is 0 Å². The van der Waals surface area contributed by atoms with Gasteiger partial charge in [-0.25, -0.2) is 14.6 Å². The van der Waals surface area contributed by atoms with Gasteiger partial charge in [0.15, 0.2) is 10.5 Å². The van der Waals surface area contributed by atoms with Gasteiger partial charge < -0.3 is 5.84 Å². The lowest BCUT2D eigenvalue weighted by molar-refractivity contribution is 0.951. The third kappa shape index (κ3) is 1.27. The highest BCUT2D eigenvalue weighted by atomic mass is 35.5. The van der Waals surface area contributed by atoms with E-state index in [9.17, 15) is 0 Å². The number of thiazole rings is 1. The van der Waals surface area contributed by atoms with Crippen molar-refractivity contribution in [2.75, 3.05) is 5.84 Å². The van der Waals surface area contributed by atoms with Crippen LogP contribution in [0.25, 0.3) is 21.5 Å². The van der Waals surface area contributed by atoms with E-state index in [0.29, 0.717) is 26.5 Å². The number of aromatic nitrogens is 3. The molecule has 3 aromatic rings. The Bertz CT molecular complexity index is 760. The van der Waals surface area contributed by atoms with E-state index in [0.717, 1.165) is 0 Å². The molecule has 80 valence electrons. The Labute approximate surface area is 98.6 Å². The van der Waals surface area contributed by atoms with Crippen LogP contribution in [0, 0.1) is 5.41 Å². The van der Waals surface area contributed by atoms with Gasteiger partial charge in [-0.3, -0.25) is 5.41 Å². The molecule has 0 fully saturated rings. The van der Waals surface area contributed by atoms with Crippen LogP contribution in [0.1, 0.15) is 0 Å². The molecule has 0 aliphatic heterocycles. The number of fused-ring (bicyclic) bond motifs is 2. The fraction of sp³-hybridized carbons (Fsp3) is 0. The highest BCUT2D eigenvalue weighted by Gasteiger charge is 2.08. The summed E-state index contributed by atoms with van der Waals surface area (Å²) in [5.74, 6) is 5.67. The molecule has 0 bridgehead atoms. The number of hydrogen-bond donors (Lipinski definition) is 2. The van der Waals surface area contributed by atoms with Crippen molar-refractivity contribution in [1.82, 2.24) is 14.6 Å². The number of rotatable bonds is 0. The van der Waals surface area contributed by atoms with Crippen LogP contribution in [0.4, 0.5) is 0 Å². The van der Waals surface area contributed by atoms with Crippen molar-refractivity contribution in [2.45, 2.75) is 0 Å². The van der Waals surface area contributed by atoms with Gasteiger partial charge in [0, 0.05) is 5.02 Å². The molecule has 2 aromatic heterocycles. The zero-order valence-electron chi connectivity index (χ0n) is 7.94. The Morgan fingerprint density at radius 2 is 2.12 bits per heavy atom. The van der Waals surface area contributed by atoms with E-state index in [2.05, 4.69) is 9.97 Å². The first-order valence-electron chi connectivity index (χ1n) is 4.44. The van der Waals surface area contributed by atoms with E-state index in [4.69, 9.17) is 22.9 Å². The Morgan fingerprint density at radius 1 is 1.31 bits per heavy atom. The van der Waals surface area contributed by atoms with Crippen LogP contribution in [-0.4, -0.2) is 14.6 Å². The maximum absolute atomic E-state index is 7.58. The summed E-state index contributed by atoms with van der Waals surface area (Å²) in [5, 5.41) is 8.19. The van der Waals surface area contributed by atoms with Crippen molar-refractivity contribution in [1.29, 1.82) is 5.41 Å². The number of nitrogens with zero attached hydrogens (tertiary/aromatic N) is 3. The van der Waals surface area contributed by atoms with Gasteiger partial charge in [-0.05, 0) is 18.2 Å². The summed E-state index contributed by atoms with van der Waals surface area (Å²) in [5.41, 5.74) is 1.94. The first-order valence-corrected chi connectivity index (χ1v) is 5.63. The molecule has 0 unspecified atom stereocenters. The molecule has 7 heteroatoms. The van der Waals surface area contributed by atoms with Crippen LogP contribution in [0.5, 0.6) is 0 Å². The van der Waals surface area contributed by atoms with E-state index in [1.165, 1.54) is 16.0 Å². The van der Waals surface area contributed by atoms with Crippen LogP contribution in [0.3, 0.4) is 0 Å². The number of benzene rings is 1. The molecule has 0 saturated carbocycles. The summed E-state index contributed by atoms with van der Waals surface area (Å²) >= 11 is 7.06. The average molecular weight is 252 g/mol. The first kappa shape index (κ1) is 9.56. The molecule has 0 saturated heterocycles. The largest absolute Gasteiger partial charge is 0.335 e. The Kier molecular flexibility index (Phi) is 1.89. The quantitative estimate of drug-likeness (QED) is 0.594. The Morgan fingerprint density at radius 3 is 2.94 bits per heavy atom. The topological polar surface area (TPSA) is 80.6 Å². The number of hydrogen-bond acceptors (Lipinski definition) is 5. The maximum Gasteiger partial charge on any atom is 0.204 e. The summed E-state index contributed by atoms with van der Waals surface area (Å²) in [6, 6.07) is 5.28. The van der Waals surface area contributed by atoms with Crippen LogP contribution < -0.4 is 10.6 Å². The predicted octanol–water partition coefficient (Wildman–Crippen LogP) is 1.49. The van der Waals surface area contributed by atoms with E-state index in [1.807, 2.05) is 0 Å². The summed E-state index contributed by atoms with van der Waals surface area (Å²) < 4.78 is 1.22. The minimum Gasteiger partial charge on any atom is -0.335 e. The molecule has 3 rings (SSSR count). The maximum atomic E-state index is 7.58. The van der Waals surface area contributed by atoms with E-state index in [1.54, 1.807) is 18.2 Å². The Balaban J connectivity index is 2.53. The predicted molar refractivity (Wildman–Crippen MR) is 63.9 cm³/mol. The fourth-order valence-corrected chi connectivity index (χ4v) is 2.38. The lowest BCUT2D eigenvalue weighted by atomic mass is 10.3. The highest BCUT2D eigenvalue weighted by Crippen LogP contribution is 2.20. The van der Waals surface area contributed by atoms with Gasteiger partial charge in [-0.1, -0.05) is 22.9 Å².